The van der Waals surface area contributed by atoms with Crippen LogP contribution in [0, 0.1) is 10.1 Å². The largest absolute Gasteiger partial charge is 0.507 e. The number of ketones is 1. The molecule has 2 aromatic rings. The minimum atomic E-state index is -0.565. The van der Waals surface area contributed by atoms with E-state index in [1.54, 1.807) is 0 Å². The lowest BCUT2D eigenvalue weighted by molar-refractivity contribution is -0.384. The first-order valence-electron chi connectivity index (χ1n) is 5.50. The SMILES string of the molecule is CC(=O)CSc1n[nH]c(-c2cc([N+](=O)[O-])ccc2O)n1. The fourth-order valence-electron chi connectivity index (χ4n) is 1.42. The van der Waals surface area contributed by atoms with Crippen molar-refractivity contribution in [2.75, 3.05) is 5.75 Å². The Hall–Kier alpha value is -2.42. The maximum absolute atomic E-state index is 10.9. The summed E-state index contributed by atoms with van der Waals surface area (Å²) in [6.07, 6.45) is 0. The first kappa shape index (κ1) is 14.0. The van der Waals surface area contributed by atoms with Gasteiger partial charge in [0, 0.05) is 12.1 Å². The number of nitrogens with one attached hydrogen (secondary N) is 1. The van der Waals surface area contributed by atoms with Gasteiger partial charge in [0.15, 0.2) is 5.82 Å². The number of Topliss-reactive ketones (excluding diaryl/α,β-unsaturated/α-hetero) is 1. The summed E-state index contributed by atoms with van der Waals surface area (Å²) in [5.74, 6) is 0.282. The summed E-state index contributed by atoms with van der Waals surface area (Å²) < 4.78 is 0. The number of nitro groups is 1. The molecule has 0 spiro atoms. The first-order valence-corrected chi connectivity index (χ1v) is 6.48. The van der Waals surface area contributed by atoms with E-state index in [9.17, 15) is 20.0 Å². The van der Waals surface area contributed by atoms with Gasteiger partial charge in [0.2, 0.25) is 5.16 Å². The molecule has 0 atom stereocenters. The van der Waals surface area contributed by atoms with Gasteiger partial charge in [0.05, 0.1) is 16.2 Å². The van der Waals surface area contributed by atoms with Crippen LogP contribution in [0.1, 0.15) is 6.92 Å². The molecular formula is C11H10N4O4S. The topological polar surface area (TPSA) is 122 Å². The number of aromatic amines is 1. The van der Waals surface area contributed by atoms with Crippen LogP contribution in [0.3, 0.4) is 0 Å². The molecule has 1 heterocycles. The van der Waals surface area contributed by atoms with E-state index in [0.717, 1.165) is 11.8 Å². The maximum Gasteiger partial charge on any atom is 0.270 e. The molecule has 1 aromatic carbocycles. The number of phenols is 1. The predicted octanol–water partition coefficient (Wildman–Crippen LogP) is 1.77. The highest BCUT2D eigenvalue weighted by Gasteiger charge is 2.15. The molecule has 9 heteroatoms. The number of carbonyl (C=O) groups excluding carboxylic acids is 1. The van der Waals surface area contributed by atoms with Crippen molar-refractivity contribution in [1.82, 2.24) is 15.2 Å². The molecule has 0 saturated heterocycles. The summed E-state index contributed by atoms with van der Waals surface area (Å²) in [5.41, 5.74) is 0.0218. The average Bonchev–Trinajstić information content (AvgIpc) is 2.85. The van der Waals surface area contributed by atoms with Crippen LogP contribution in [0.2, 0.25) is 0 Å². The van der Waals surface area contributed by atoms with E-state index >= 15 is 0 Å². The Morgan fingerprint density at radius 2 is 2.30 bits per heavy atom. The fraction of sp³-hybridized carbons (Fsp3) is 0.182. The first-order chi connectivity index (χ1) is 9.47. The Labute approximate surface area is 117 Å². The Morgan fingerprint density at radius 1 is 1.55 bits per heavy atom. The minimum Gasteiger partial charge on any atom is -0.507 e. The summed E-state index contributed by atoms with van der Waals surface area (Å²) in [6, 6.07) is 3.62. The second-order valence-corrected chi connectivity index (χ2v) is 4.86. The lowest BCUT2D eigenvalue weighted by Crippen LogP contribution is -1.93. The number of hydrogen-bond acceptors (Lipinski definition) is 7. The third-order valence-electron chi connectivity index (χ3n) is 2.32. The van der Waals surface area contributed by atoms with Crippen molar-refractivity contribution in [3.05, 3.63) is 28.3 Å². The van der Waals surface area contributed by atoms with Gasteiger partial charge in [-0.3, -0.25) is 20.0 Å². The highest BCUT2D eigenvalue weighted by molar-refractivity contribution is 7.99. The zero-order valence-electron chi connectivity index (χ0n) is 10.4. The molecule has 0 aliphatic carbocycles. The molecule has 104 valence electrons. The Morgan fingerprint density at radius 3 is 2.95 bits per heavy atom. The van der Waals surface area contributed by atoms with Crippen molar-refractivity contribution in [3.63, 3.8) is 0 Å². The van der Waals surface area contributed by atoms with Crippen LogP contribution in [-0.4, -0.2) is 36.7 Å². The zero-order valence-corrected chi connectivity index (χ0v) is 11.2. The number of rotatable bonds is 5. The van der Waals surface area contributed by atoms with Crippen LogP contribution in [0.5, 0.6) is 5.75 Å². The molecule has 0 fully saturated rings. The molecular weight excluding hydrogens is 284 g/mol. The van der Waals surface area contributed by atoms with Crippen molar-refractivity contribution in [3.8, 4) is 17.1 Å². The molecule has 0 aliphatic rings. The second kappa shape index (κ2) is 5.70. The van der Waals surface area contributed by atoms with Crippen molar-refractivity contribution in [1.29, 1.82) is 0 Å². The number of phenolic OH excluding ortho intramolecular Hbond substituents is 1. The zero-order chi connectivity index (χ0) is 14.7. The molecule has 1 aromatic heterocycles. The van der Waals surface area contributed by atoms with Crippen molar-refractivity contribution < 1.29 is 14.8 Å². The lowest BCUT2D eigenvalue weighted by Gasteiger charge is -2.00. The van der Waals surface area contributed by atoms with Gasteiger partial charge in [-0.1, -0.05) is 11.8 Å². The second-order valence-electron chi connectivity index (χ2n) is 3.92. The number of H-pyrrole nitrogens is 1. The molecule has 20 heavy (non-hydrogen) atoms. The summed E-state index contributed by atoms with van der Waals surface area (Å²) >= 11 is 1.14. The van der Waals surface area contributed by atoms with Crippen LogP contribution in [0.25, 0.3) is 11.4 Å². The van der Waals surface area contributed by atoms with Crippen LogP contribution in [0.4, 0.5) is 5.69 Å². The van der Waals surface area contributed by atoms with Gasteiger partial charge < -0.3 is 5.11 Å². The Bertz CT molecular complexity index is 670. The summed E-state index contributed by atoms with van der Waals surface area (Å²) in [6.45, 7) is 1.45. The van der Waals surface area contributed by atoms with E-state index in [-0.39, 0.29) is 34.4 Å². The average molecular weight is 294 g/mol. The summed E-state index contributed by atoms with van der Waals surface area (Å²) in [5, 5.41) is 27.2. The van der Waals surface area contributed by atoms with E-state index in [4.69, 9.17) is 0 Å². The highest BCUT2D eigenvalue weighted by Crippen LogP contribution is 2.31. The number of aromatic nitrogens is 3. The normalized spacial score (nSPS) is 10.4. The molecule has 0 bridgehead atoms. The molecule has 0 saturated carbocycles. The molecule has 8 nitrogen and oxygen atoms in total. The van der Waals surface area contributed by atoms with Gasteiger partial charge in [-0.25, -0.2) is 4.98 Å². The maximum atomic E-state index is 10.9. The van der Waals surface area contributed by atoms with Crippen molar-refractivity contribution in [2.24, 2.45) is 0 Å². The summed E-state index contributed by atoms with van der Waals surface area (Å²) in [4.78, 5) is 25.1. The predicted molar refractivity (Wildman–Crippen MR) is 71.5 cm³/mol. The molecule has 2 rings (SSSR count). The van der Waals surface area contributed by atoms with Gasteiger partial charge in [-0.2, -0.15) is 0 Å². The molecule has 0 aliphatic heterocycles. The number of aromatic hydroxyl groups is 1. The van der Waals surface area contributed by atoms with Crippen LogP contribution < -0.4 is 0 Å². The van der Waals surface area contributed by atoms with E-state index in [1.807, 2.05) is 0 Å². The number of thioether (sulfide) groups is 1. The van der Waals surface area contributed by atoms with E-state index in [1.165, 1.54) is 25.1 Å². The number of hydrogen-bond donors (Lipinski definition) is 2. The lowest BCUT2D eigenvalue weighted by atomic mass is 10.1. The Balaban J connectivity index is 2.29. The molecule has 0 radical (unpaired) electrons. The van der Waals surface area contributed by atoms with E-state index in [0.29, 0.717) is 5.16 Å². The van der Waals surface area contributed by atoms with Crippen molar-refractivity contribution >= 4 is 23.2 Å². The van der Waals surface area contributed by atoms with Gasteiger partial charge in [0.25, 0.3) is 5.69 Å². The third kappa shape index (κ3) is 3.12. The quantitative estimate of drug-likeness (QED) is 0.489. The van der Waals surface area contributed by atoms with Gasteiger partial charge in [0.1, 0.15) is 11.5 Å². The monoisotopic (exact) mass is 294 g/mol. The van der Waals surface area contributed by atoms with Crippen LogP contribution in [0.15, 0.2) is 23.4 Å². The van der Waals surface area contributed by atoms with Crippen molar-refractivity contribution in [2.45, 2.75) is 12.1 Å². The molecule has 0 unspecified atom stereocenters. The number of nitrogens with zero attached hydrogens (tertiary/aromatic N) is 3. The van der Waals surface area contributed by atoms with E-state index in [2.05, 4.69) is 15.2 Å². The highest BCUT2D eigenvalue weighted by atomic mass is 32.2. The van der Waals surface area contributed by atoms with Crippen LogP contribution in [-0.2, 0) is 4.79 Å². The van der Waals surface area contributed by atoms with Gasteiger partial charge >= 0.3 is 0 Å². The third-order valence-corrected chi connectivity index (χ3v) is 3.31. The standard InChI is InChI=1S/C11H10N4O4S/c1-6(16)5-20-11-12-10(13-14-11)8-4-7(15(18)19)2-3-9(8)17/h2-4,17H,5H2,1H3,(H,12,13,14). The number of non-ortho nitro benzene ring substituents is 1. The van der Waals surface area contributed by atoms with Gasteiger partial charge in [-0.05, 0) is 13.0 Å². The van der Waals surface area contributed by atoms with Gasteiger partial charge in [-0.15, -0.1) is 5.10 Å². The smallest absolute Gasteiger partial charge is 0.270 e. The number of nitro benzene ring substituents is 1. The minimum absolute atomic E-state index is 0.0143. The number of carbonyl (C=O) groups is 1. The fourth-order valence-corrected chi connectivity index (χ4v) is 2.02. The van der Waals surface area contributed by atoms with E-state index < -0.39 is 4.92 Å². The number of benzene rings is 1. The van der Waals surface area contributed by atoms with Crippen LogP contribution >= 0.6 is 11.8 Å². The summed E-state index contributed by atoms with van der Waals surface area (Å²) in [7, 11) is 0. The molecule has 0 amide bonds. The molecule has 2 N–H and O–H groups in total. The Kier molecular flexibility index (Phi) is 3.99.